The van der Waals surface area contributed by atoms with Gasteiger partial charge in [-0.1, -0.05) is 29.3 Å². The highest BCUT2D eigenvalue weighted by Gasteiger charge is 2.18. The van der Waals surface area contributed by atoms with Gasteiger partial charge in [0.05, 0.1) is 7.11 Å². The number of hydrogen-bond acceptors (Lipinski definition) is 3. The lowest BCUT2D eigenvalue weighted by atomic mass is 10.1. The maximum Gasteiger partial charge on any atom is 0.335 e. The van der Waals surface area contributed by atoms with Gasteiger partial charge in [0.15, 0.2) is 6.10 Å². The topological polar surface area (TPSA) is 46.5 Å². The van der Waals surface area contributed by atoms with E-state index in [0.717, 1.165) is 0 Å². The van der Waals surface area contributed by atoms with Gasteiger partial charge < -0.3 is 9.84 Å². The van der Waals surface area contributed by atoms with Crippen LogP contribution in [-0.2, 0) is 16.0 Å². The molecule has 0 aliphatic carbocycles. The zero-order chi connectivity index (χ0) is 11.4. The van der Waals surface area contributed by atoms with Crippen molar-refractivity contribution in [1.29, 1.82) is 0 Å². The highest BCUT2D eigenvalue weighted by Crippen LogP contribution is 2.25. The van der Waals surface area contributed by atoms with E-state index >= 15 is 0 Å². The van der Waals surface area contributed by atoms with Crippen LogP contribution in [0.15, 0.2) is 18.2 Å². The Kier molecular flexibility index (Phi) is 4.39. The summed E-state index contributed by atoms with van der Waals surface area (Å²) < 4.78 is 4.39. The number of aliphatic hydroxyl groups excluding tert-OH is 1. The summed E-state index contributed by atoms with van der Waals surface area (Å²) in [4.78, 5) is 11.0. The molecule has 0 aliphatic heterocycles. The Hall–Kier alpha value is -0.770. The molecule has 15 heavy (non-hydrogen) atoms. The number of halogens is 2. The summed E-state index contributed by atoms with van der Waals surface area (Å²) >= 11 is 11.7. The minimum Gasteiger partial charge on any atom is -0.467 e. The van der Waals surface area contributed by atoms with Crippen LogP contribution in [0.4, 0.5) is 0 Å². The molecular weight excluding hydrogens is 239 g/mol. The van der Waals surface area contributed by atoms with Crippen molar-refractivity contribution in [2.45, 2.75) is 12.5 Å². The number of benzene rings is 1. The standard InChI is InChI=1S/C10H10Cl2O3/c1-15-10(14)9(13)5-6-7(11)3-2-4-8(6)12/h2-4,9,13H,5H2,1H3. The van der Waals surface area contributed by atoms with Crippen LogP contribution in [0.25, 0.3) is 0 Å². The molecule has 82 valence electrons. The Labute approximate surface area is 97.6 Å². The van der Waals surface area contributed by atoms with Gasteiger partial charge in [0, 0.05) is 16.5 Å². The molecule has 1 rings (SSSR count). The second-order valence-electron chi connectivity index (χ2n) is 2.94. The minimum absolute atomic E-state index is 0.0468. The molecule has 0 bridgehead atoms. The van der Waals surface area contributed by atoms with Gasteiger partial charge in [-0.05, 0) is 17.7 Å². The normalized spacial score (nSPS) is 12.3. The molecule has 1 N–H and O–H groups in total. The average Bonchev–Trinajstić information content (AvgIpc) is 2.22. The van der Waals surface area contributed by atoms with E-state index < -0.39 is 12.1 Å². The Morgan fingerprint density at radius 2 is 2.00 bits per heavy atom. The molecule has 1 aromatic rings. The number of aliphatic hydroxyl groups is 1. The smallest absolute Gasteiger partial charge is 0.335 e. The molecule has 0 saturated heterocycles. The van der Waals surface area contributed by atoms with Gasteiger partial charge >= 0.3 is 5.97 Å². The largest absolute Gasteiger partial charge is 0.467 e. The van der Waals surface area contributed by atoms with Crippen molar-refractivity contribution in [3.8, 4) is 0 Å². The summed E-state index contributed by atoms with van der Waals surface area (Å²) in [5.74, 6) is -0.703. The summed E-state index contributed by atoms with van der Waals surface area (Å²) in [5, 5.41) is 10.3. The molecule has 0 fully saturated rings. The molecule has 1 unspecified atom stereocenters. The lowest BCUT2D eigenvalue weighted by molar-refractivity contribution is -0.150. The van der Waals surface area contributed by atoms with Crippen LogP contribution in [-0.4, -0.2) is 24.3 Å². The van der Waals surface area contributed by atoms with Crippen LogP contribution >= 0.6 is 23.2 Å². The van der Waals surface area contributed by atoms with Crippen molar-refractivity contribution >= 4 is 29.2 Å². The Morgan fingerprint density at radius 3 is 2.47 bits per heavy atom. The first-order valence-corrected chi connectivity index (χ1v) is 5.00. The summed E-state index contributed by atoms with van der Waals surface area (Å²) in [5.41, 5.74) is 0.540. The molecule has 1 aromatic carbocycles. The van der Waals surface area contributed by atoms with Crippen LogP contribution in [0.1, 0.15) is 5.56 Å². The fraction of sp³-hybridized carbons (Fsp3) is 0.300. The third-order valence-corrected chi connectivity index (χ3v) is 2.64. The van der Waals surface area contributed by atoms with Gasteiger partial charge in [-0.15, -0.1) is 0 Å². The molecule has 0 spiro atoms. The third-order valence-electron chi connectivity index (χ3n) is 1.93. The van der Waals surface area contributed by atoms with Crippen LogP contribution < -0.4 is 0 Å². The Bertz CT molecular complexity index is 345. The highest BCUT2D eigenvalue weighted by atomic mass is 35.5. The first-order valence-electron chi connectivity index (χ1n) is 4.25. The van der Waals surface area contributed by atoms with Crippen molar-refractivity contribution in [3.05, 3.63) is 33.8 Å². The third kappa shape index (κ3) is 3.09. The molecule has 0 heterocycles. The Morgan fingerprint density at radius 1 is 1.47 bits per heavy atom. The van der Waals surface area contributed by atoms with Crippen molar-refractivity contribution in [1.82, 2.24) is 0 Å². The zero-order valence-corrected chi connectivity index (χ0v) is 9.55. The molecule has 5 heteroatoms. The van der Waals surface area contributed by atoms with E-state index in [1.807, 2.05) is 0 Å². The number of hydrogen-bond donors (Lipinski definition) is 1. The second kappa shape index (κ2) is 5.35. The van der Waals surface area contributed by atoms with Gasteiger partial charge in [-0.25, -0.2) is 4.79 Å². The summed E-state index contributed by atoms with van der Waals surface area (Å²) in [6.45, 7) is 0. The first kappa shape index (κ1) is 12.3. The van der Waals surface area contributed by atoms with Gasteiger partial charge in [-0.2, -0.15) is 0 Å². The van der Waals surface area contributed by atoms with Gasteiger partial charge in [-0.3, -0.25) is 0 Å². The number of ether oxygens (including phenoxy) is 1. The molecule has 0 amide bonds. The van der Waals surface area contributed by atoms with E-state index in [-0.39, 0.29) is 6.42 Å². The fourth-order valence-electron chi connectivity index (χ4n) is 1.14. The highest BCUT2D eigenvalue weighted by molar-refractivity contribution is 6.36. The average molecular weight is 249 g/mol. The van der Waals surface area contributed by atoms with Gasteiger partial charge in [0.25, 0.3) is 0 Å². The molecular formula is C10H10Cl2O3. The fourth-order valence-corrected chi connectivity index (χ4v) is 1.69. The van der Waals surface area contributed by atoms with Crippen LogP contribution in [0.3, 0.4) is 0 Å². The summed E-state index contributed by atoms with van der Waals surface area (Å²) in [6.07, 6.45) is -1.20. The van der Waals surface area contributed by atoms with Crippen LogP contribution in [0.2, 0.25) is 10.0 Å². The number of methoxy groups -OCH3 is 1. The van der Waals surface area contributed by atoms with E-state index in [2.05, 4.69) is 4.74 Å². The second-order valence-corrected chi connectivity index (χ2v) is 3.76. The molecule has 0 saturated carbocycles. The van der Waals surface area contributed by atoms with Gasteiger partial charge in [0.1, 0.15) is 0 Å². The van der Waals surface area contributed by atoms with E-state index in [1.54, 1.807) is 18.2 Å². The number of carbonyl (C=O) groups is 1. The van der Waals surface area contributed by atoms with Gasteiger partial charge in [0.2, 0.25) is 0 Å². The number of esters is 1. The van der Waals surface area contributed by atoms with Crippen molar-refractivity contribution < 1.29 is 14.6 Å². The Balaban J connectivity index is 2.85. The number of carbonyl (C=O) groups excluding carboxylic acids is 1. The monoisotopic (exact) mass is 248 g/mol. The van der Waals surface area contributed by atoms with E-state index in [9.17, 15) is 9.90 Å². The lowest BCUT2D eigenvalue weighted by Gasteiger charge is -2.10. The zero-order valence-electron chi connectivity index (χ0n) is 8.04. The maximum absolute atomic E-state index is 11.0. The summed E-state index contributed by atoms with van der Waals surface area (Å²) in [7, 11) is 1.21. The van der Waals surface area contributed by atoms with Crippen molar-refractivity contribution in [2.24, 2.45) is 0 Å². The molecule has 0 aliphatic rings. The molecule has 0 aromatic heterocycles. The molecule has 0 radical (unpaired) electrons. The predicted octanol–water partition coefficient (Wildman–Crippen LogP) is 2.07. The van der Waals surface area contributed by atoms with Crippen molar-refractivity contribution in [3.63, 3.8) is 0 Å². The van der Waals surface area contributed by atoms with Crippen LogP contribution in [0.5, 0.6) is 0 Å². The lowest BCUT2D eigenvalue weighted by Crippen LogP contribution is -2.24. The summed E-state index contributed by atoms with van der Waals surface area (Å²) in [6, 6.07) is 4.98. The predicted molar refractivity (Wildman–Crippen MR) is 58.2 cm³/mol. The van der Waals surface area contributed by atoms with Crippen LogP contribution in [0, 0.1) is 0 Å². The minimum atomic E-state index is -1.24. The van der Waals surface area contributed by atoms with E-state index in [4.69, 9.17) is 23.2 Å². The first-order chi connectivity index (χ1) is 7.06. The molecule has 1 atom stereocenters. The SMILES string of the molecule is COC(=O)C(O)Cc1c(Cl)cccc1Cl. The number of rotatable bonds is 3. The van der Waals surface area contributed by atoms with E-state index in [0.29, 0.717) is 15.6 Å². The maximum atomic E-state index is 11.0. The quantitative estimate of drug-likeness (QED) is 0.834. The molecule has 3 nitrogen and oxygen atoms in total. The van der Waals surface area contributed by atoms with Crippen molar-refractivity contribution in [2.75, 3.05) is 7.11 Å². The van der Waals surface area contributed by atoms with E-state index in [1.165, 1.54) is 7.11 Å².